The Balaban J connectivity index is 0.00000400. The van der Waals surface area contributed by atoms with Gasteiger partial charge >= 0.3 is 0 Å². The molecule has 122 valence electrons. The van der Waals surface area contributed by atoms with E-state index in [2.05, 4.69) is 0 Å². The van der Waals surface area contributed by atoms with E-state index in [1.807, 2.05) is 0 Å². The summed E-state index contributed by atoms with van der Waals surface area (Å²) in [5, 5.41) is 0. The van der Waals surface area contributed by atoms with Gasteiger partial charge in [-0.2, -0.15) is 0 Å². The highest BCUT2D eigenvalue weighted by Gasteiger charge is 2.27. The highest BCUT2D eigenvalue weighted by atomic mass is 35.5. The van der Waals surface area contributed by atoms with Crippen LogP contribution in [-0.4, -0.2) is 57.3 Å². The lowest BCUT2D eigenvalue weighted by atomic mass is 10.3. The molecule has 0 saturated carbocycles. The third-order valence-corrected chi connectivity index (χ3v) is 5.09. The molecule has 0 aromatic carbocycles. The first-order valence-electron chi connectivity index (χ1n) is 6.13. The van der Waals surface area contributed by atoms with Crippen molar-refractivity contribution in [2.24, 2.45) is 5.73 Å². The minimum Gasteiger partial charge on any atom is -0.455 e. The van der Waals surface area contributed by atoms with Crippen LogP contribution in [0, 0.1) is 6.92 Å². The number of rotatable bonds is 5. The zero-order valence-electron chi connectivity index (χ0n) is 12.8. The molecule has 0 aliphatic heterocycles. The number of furan rings is 1. The monoisotopic (exact) mass is 339 g/mol. The second kappa shape index (κ2) is 7.26. The van der Waals surface area contributed by atoms with E-state index >= 15 is 0 Å². The summed E-state index contributed by atoms with van der Waals surface area (Å²) < 4.78 is 30.5. The van der Waals surface area contributed by atoms with E-state index < -0.39 is 15.9 Å². The van der Waals surface area contributed by atoms with Gasteiger partial charge in [0.2, 0.25) is 10.0 Å². The number of aryl methyl sites for hydroxylation is 1. The van der Waals surface area contributed by atoms with Crippen LogP contribution in [0.2, 0.25) is 0 Å². The van der Waals surface area contributed by atoms with Gasteiger partial charge in [0.05, 0.1) is 0 Å². The van der Waals surface area contributed by atoms with Gasteiger partial charge in [0.1, 0.15) is 10.7 Å². The van der Waals surface area contributed by atoms with Crippen LogP contribution in [0.3, 0.4) is 0 Å². The van der Waals surface area contributed by atoms with Gasteiger partial charge < -0.3 is 15.1 Å². The second-order valence-corrected chi connectivity index (χ2v) is 6.94. The van der Waals surface area contributed by atoms with Gasteiger partial charge in [-0.3, -0.25) is 4.79 Å². The summed E-state index contributed by atoms with van der Waals surface area (Å²) in [7, 11) is 0.812. The zero-order chi connectivity index (χ0) is 15.7. The average Bonchev–Trinajstić information content (AvgIpc) is 2.78. The van der Waals surface area contributed by atoms with Gasteiger partial charge in [-0.25, -0.2) is 12.7 Å². The highest BCUT2D eigenvalue weighted by Crippen LogP contribution is 2.23. The minimum atomic E-state index is -3.63. The van der Waals surface area contributed by atoms with Crippen molar-refractivity contribution in [3.8, 4) is 0 Å². The van der Waals surface area contributed by atoms with Crippen molar-refractivity contribution < 1.29 is 17.6 Å². The van der Waals surface area contributed by atoms with Crippen LogP contribution < -0.4 is 5.73 Å². The Labute approximate surface area is 131 Å². The van der Waals surface area contributed by atoms with Crippen LogP contribution >= 0.6 is 12.4 Å². The Kier molecular flexibility index (Phi) is 6.88. The molecule has 0 aliphatic rings. The SMILES string of the molecule is Cc1oc(C(=O)N(C)C(C)CN)cc1S(=O)(=O)N(C)C.Cl. The van der Waals surface area contributed by atoms with Gasteiger partial charge in [-0.05, 0) is 13.8 Å². The third kappa shape index (κ3) is 3.97. The maximum atomic E-state index is 12.2. The van der Waals surface area contributed by atoms with Gasteiger partial charge in [-0.15, -0.1) is 12.4 Å². The molecule has 1 rings (SSSR count). The van der Waals surface area contributed by atoms with Crippen molar-refractivity contribution in [2.45, 2.75) is 24.8 Å². The number of nitrogens with two attached hydrogens (primary N) is 1. The summed E-state index contributed by atoms with van der Waals surface area (Å²) in [4.78, 5) is 13.6. The van der Waals surface area contributed by atoms with Crippen LogP contribution in [0.4, 0.5) is 0 Å². The number of sulfonamides is 1. The fraction of sp³-hybridized carbons (Fsp3) is 0.583. The molecule has 0 fully saturated rings. The van der Waals surface area contributed by atoms with E-state index in [-0.39, 0.29) is 34.9 Å². The molecule has 21 heavy (non-hydrogen) atoms. The normalized spacial score (nSPS) is 12.9. The second-order valence-electron chi connectivity index (χ2n) is 4.82. The lowest BCUT2D eigenvalue weighted by molar-refractivity contribution is 0.0715. The number of nitrogens with zero attached hydrogens (tertiary/aromatic N) is 2. The molecule has 0 radical (unpaired) electrons. The molecule has 0 saturated heterocycles. The van der Waals surface area contributed by atoms with Crippen molar-refractivity contribution in [2.75, 3.05) is 27.7 Å². The van der Waals surface area contributed by atoms with E-state index in [9.17, 15) is 13.2 Å². The summed E-state index contributed by atoms with van der Waals surface area (Å²) in [5.41, 5.74) is 5.51. The fourth-order valence-electron chi connectivity index (χ4n) is 1.56. The number of halogens is 1. The van der Waals surface area contributed by atoms with E-state index in [0.29, 0.717) is 6.54 Å². The van der Waals surface area contributed by atoms with Gasteiger partial charge in [0, 0.05) is 39.8 Å². The predicted octanol–water partition coefficient (Wildman–Crippen LogP) is 0.679. The van der Waals surface area contributed by atoms with Crippen LogP contribution in [0.1, 0.15) is 23.2 Å². The van der Waals surface area contributed by atoms with Crippen LogP contribution in [0.25, 0.3) is 0 Å². The first-order chi connectivity index (χ1) is 9.12. The third-order valence-electron chi connectivity index (χ3n) is 3.16. The number of hydrogen-bond donors (Lipinski definition) is 1. The summed E-state index contributed by atoms with van der Waals surface area (Å²) in [6, 6.07) is 1.09. The standard InChI is InChI=1S/C12H21N3O4S.ClH/c1-8(7-13)15(5)12(16)10-6-11(9(2)19-10)20(17,18)14(3)4;/h6,8H,7,13H2,1-5H3;1H. The fourth-order valence-corrected chi connectivity index (χ4v) is 2.61. The highest BCUT2D eigenvalue weighted by molar-refractivity contribution is 7.89. The van der Waals surface area contributed by atoms with E-state index in [0.717, 1.165) is 4.31 Å². The molecule has 9 heteroatoms. The van der Waals surface area contributed by atoms with Crippen LogP contribution in [0.15, 0.2) is 15.4 Å². The molecule has 7 nitrogen and oxygen atoms in total. The predicted molar refractivity (Wildman–Crippen MR) is 82.2 cm³/mol. The van der Waals surface area contributed by atoms with Crippen LogP contribution in [0.5, 0.6) is 0 Å². The van der Waals surface area contributed by atoms with Gasteiger partial charge in [0.15, 0.2) is 5.76 Å². The largest absolute Gasteiger partial charge is 0.455 e. The number of carbonyl (C=O) groups excluding carboxylic acids is 1. The molecule has 1 heterocycles. The molecular weight excluding hydrogens is 318 g/mol. The number of likely N-dealkylation sites (N-methyl/N-ethyl adjacent to an activating group) is 1. The van der Waals surface area contributed by atoms with Crippen molar-refractivity contribution >= 4 is 28.3 Å². The van der Waals surface area contributed by atoms with Crippen molar-refractivity contribution in [1.29, 1.82) is 0 Å². The topological polar surface area (TPSA) is 96.8 Å². The zero-order valence-corrected chi connectivity index (χ0v) is 14.4. The number of hydrogen-bond acceptors (Lipinski definition) is 5. The Morgan fingerprint density at radius 3 is 2.33 bits per heavy atom. The lowest BCUT2D eigenvalue weighted by Gasteiger charge is -2.22. The molecule has 2 N–H and O–H groups in total. The van der Waals surface area contributed by atoms with Gasteiger partial charge in [0.25, 0.3) is 5.91 Å². The Hall–Kier alpha value is -1.09. The number of amides is 1. The molecule has 1 aromatic rings. The van der Waals surface area contributed by atoms with E-state index in [1.54, 1.807) is 14.0 Å². The first-order valence-corrected chi connectivity index (χ1v) is 7.57. The van der Waals surface area contributed by atoms with Crippen molar-refractivity contribution in [3.05, 3.63) is 17.6 Å². The number of carbonyl (C=O) groups is 1. The molecule has 1 aromatic heterocycles. The van der Waals surface area contributed by atoms with Crippen molar-refractivity contribution in [1.82, 2.24) is 9.21 Å². The summed E-state index contributed by atoms with van der Waals surface area (Å²) in [6.45, 7) is 3.62. The Morgan fingerprint density at radius 2 is 1.90 bits per heavy atom. The average molecular weight is 340 g/mol. The molecule has 0 aliphatic carbocycles. The van der Waals surface area contributed by atoms with E-state index in [4.69, 9.17) is 10.2 Å². The maximum Gasteiger partial charge on any atom is 0.289 e. The molecule has 0 spiro atoms. The van der Waals surface area contributed by atoms with Crippen LogP contribution in [-0.2, 0) is 10.0 Å². The maximum absolute atomic E-state index is 12.2. The molecule has 0 bridgehead atoms. The quantitative estimate of drug-likeness (QED) is 0.850. The summed E-state index contributed by atoms with van der Waals surface area (Å²) in [5.74, 6) is -0.215. The van der Waals surface area contributed by atoms with Gasteiger partial charge in [-0.1, -0.05) is 0 Å². The minimum absolute atomic E-state index is 0. The lowest BCUT2D eigenvalue weighted by Crippen LogP contribution is -2.39. The smallest absolute Gasteiger partial charge is 0.289 e. The molecule has 1 amide bonds. The summed E-state index contributed by atoms with van der Waals surface area (Å²) in [6.07, 6.45) is 0. The van der Waals surface area contributed by atoms with E-state index in [1.165, 1.54) is 32.0 Å². The van der Waals surface area contributed by atoms with Crippen molar-refractivity contribution in [3.63, 3.8) is 0 Å². The molecule has 1 unspecified atom stereocenters. The summed E-state index contributed by atoms with van der Waals surface area (Å²) >= 11 is 0. The Bertz CT molecular complexity index is 598. The molecule has 1 atom stereocenters. The molecular formula is C12H22ClN3O4S. The first kappa shape index (κ1) is 19.9. The Morgan fingerprint density at radius 1 is 1.38 bits per heavy atom.